The number of H-pyrrole nitrogens is 1. The molecule has 206 valence electrons. The minimum atomic E-state index is 0.265. The summed E-state index contributed by atoms with van der Waals surface area (Å²) in [6, 6.07) is 10.3. The van der Waals surface area contributed by atoms with E-state index in [1.54, 1.807) is 12.4 Å². The van der Waals surface area contributed by atoms with E-state index in [0.29, 0.717) is 6.61 Å². The molecule has 8 nitrogen and oxygen atoms in total. The number of hydrogen-bond donors (Lipinski definition) is 3. The van der Waals surface area contributed by atoms with E-state index in [0.717, 1.165) is 68.2 Å². The lowest BCUT2D eigenvalue weighted by Crippen LogP contribution is -2.23. The molecule has 0 radical (unpaired) electrons. The van der Waals surface area contributed by atoms with Gasteiger partial charge in [-0.3, -0.25) is 20.3 Å². The molecule has 8 heteroatoms. The molecular formula is C33H33N7O. The van der Waals surface area contributed by atoms with Crippen LogP contribution in [0.3, 0.4) is 0 Å². The average Bonchev–Trinajstić information content (AvgIpc) is 3.65. The summed E-state index contributed by atoms with van der Waals surface area (Å²) >= 11 is 0. The molecule has 0 unspecified atom stereocenters. The van der Waals surface area contributed by atoms with Crippen LogP contribution in [0.4, 0.5) is 5.69 Å². The van der Waals surface area contributed by atoms with E-state index < -0.39 is 0 Å². The van der Waals surface area contributed by atoms with Gasteiger partial charge >= 0.3 is 0 Å². The topological polar surface area (TPSA) is 91.0 Å². The molecule has 1 atom stereocenters. The Morgan fingerprint density at radius 2 is 1.93 bits per heavy atom. The highest BCUT2D eigenvalue weighted by Crippen LogP contribution is 2.35. The van der Waals surface area contributed by atoms with Crippen molar-refractivity contribution in [2.45, 2.75) is 19.8 Å². The first-order chi connectivity index (χ1) is 20.2. The van der Waals surface area contributed by atoms with Crippen molar-refractivity contribution in [3.8, 4) is 11.1 Å². The average molecular weight is 544 g/mol. The summed E-state index contributed by atoms with van der Waals surface area (Å²) < 4.78 is 6.22. The monoisotopic (exact) mass is 543 g/mol. The highest BCUT2D eigenvalue weighted by Gasteiger charge is 2.21. The van der Waals surface area contributed by atoms with E-state index >= 15 is 0 Å². The maximum atomic E-state index is 6.22. The molecule has 3 N–H and O–H groups in total. The summed E-state index contributed by atoms with van der Waals surface area (Å²) in [4.78, 5) is 19.9. The number of nitrogens with zero attached hydrogens (tertiary/aromatic N) is 4. The van der Waals surface area contributed by atoms with Crippen molar-refractivity contribution in [3.05, 3.63) is 108 Å². The van der Waals surface area contributed by atoms with Gasteiger partial charge in [0.15, 0.2) is 0 Å². The molecule has 7 rings (SSSR count). The molecule has 6 heterocycles. The highest BCUT2D eigenvalue weighted by molar-refractivity contribution is 5.98. The van der Waals surface area contributed by atoms with Crippen LogP contribution >= 0.6 is 0 Å². The van der Waals surface area contributed by atoms with E-state index in [2.05, 4.69) is 80.1 Å². The van der Waals surface area contributed by atoms with Gasteiger partial charge in [-0.05, 0) is 79.9 Å². The minimum absolute atomic E-state index is 0.265. The number of pyridine rings is 3. The Labute approximate surface area is 239 Å². The second-order valence-corrected chi connectivity index (χ2v) is 10.8. The Bertz CT molecular complexity index is 1690. The zero-order valence-corrected chi connectivity index (χ0v) is 23.1. The van der Waals surface area contributed by atoms with Gasteiger partial charge < -0.3 is 15.1 Å². The van der Waals surface area contributed by atoms with Gasteiger partial charge in [-0.25, -0.2) is 4.98 Å². The molecule has 3 aliphatic rings. The summed E-state index contributed by atoms with van der Waals surface area (Å²) in [6.45, 7) is 6.19. The largest absolute Gasteiger partial charge is 0.492 e. The maximum Gasteiger partial charge on any atom is 0.119 e. The number of fused-ring (bicyclic) bond motifs is 2. The molecule has 0 amide bonds. The lowest BCUT2D eigenvalue weighted by atomic mass is 10.0. The molecule has 4 aromatic heterocycles. The first-order valence-electron chi connectivity index (χ1n) is 14.3. The predicted octanol–water partition coefficient (Wildman–Crippen LogP) is 5.92. The number of aromatic nitrogens is 4. The van der Waals surface area contributed by atoms with Gasteiger partial charge in [0.25, 0.3) is 0 Å². The van der Waals surface area contributed by atoms with Crippen LogP contribution in [-0.2, 0) is 4.74 Å². The van der Waals surface area contributed by atoms with E-state index in [4.69, 9.17) is 9.72 Å². The molecule has 0 aromatic carbocycles. The van der Waals surface area contributed by atoms with Crippen molar-refractivity contribution in [3.63, 3.8) is 0 Å². The van der Waals surface area contributed by atoms with Crippen molar-refractivity contribution in [2.24, 2.45) is 5.92 Å². The molecule has 0 spiro atoms. The molecule has 1 aliphatic carbocycles. The summed E-state index contributed by atoms with van der Waals surface area (Å²) in [5.41, 5.74) is 15.3. The number of likely N-dealkylation sites (tertiary alicyclic amines) is 1. The third-order valence-corrected chi connectivity index (χ3v) is 7.88. The van der Waals surface area contributed by atoms with E-state index in [-0.39, 0.29) is 5.92 Å². The first-order valence-corrected chi connectivity index (χ1v) is 14.3. The number of rotatable bonds is 7. The van der Waals surface area contributed by atoms with Crippen molar-refractivity contribution in [2.75, 3.05) is 31.7 Å². The Kier molecular flexibility index (Phi) is 6.82. The maximum absolute atomic E-state index is 6.22. The molecule has 0 saturated carbocycles. The quantitative estimate of drug-likeness (QED) is 0.266. The molecule has 4 aromatic rings. The lowest BCUT2D eigenvalue weighted by molar-refractivity contribution is 0.180. The van der Waals surface area contributed by atoms with Gasteiger partial charge in [0.1, 0.15) is 12.4 Å². The molecular weight excluding hydrogens is 510 g/mol. The van der Waals surface area contributed by atoms with Crippen LogP contribution in [-0.4, -0.2) is 51.1 Å². The van der Waals surface area contributed by atoms with Gasteiger partial charge in [0.05, 0.1) is 34.5 Å². The predicted molar refractivity (Wildman–Crippen MR) is 163 cm³/mol. The lowest BCUT2D eigenvalue weighted by Gasteiger charge is -2.20. The van der Waals surface area contributed by atoms with Gasteiger partial charge in [-0.1, -0.05) is 19.1 Å². The zero-order valence-electron chi connectivity index (χ0n) is 23.1. The van der Waals surface area contributed by atoms with E-state index in [1.807, 2.05) is 30.7 Å². The Morgan fingerprint density at radius 3 is 2.80 bits per heavy atom. The number of hydrogen-bond acceptors (Lipinski definition) is 7. The van der Waals surface area contributed by atoms with Gasteiger partial charge in [0.2, 0.25) is 0 Å². The number of anilines is 1. The summed E-state index contributed by atoms with van der Waals surface area (Å²) in [7, 11) is 0. The number of hydrazine groups is 1. The third kappa shape index (κ3) is 5.26. The normalized spacial score (nSPS) is 18.6. The van der Waals surface area contributed by atoms with Crippen molar-refractivity contribution in [1.82, 2.24) is 30.3 Å². The van der Waals surface area contributed by atoms with Crippen LogP contribution in [0.15, 0.2) is 91.4 Å². The second kappa shape index (κ2) is 11.1. The molecule has 1 saturated heterocycles. The Hall–Kier alpha value is -4.69. The Morgan fingerprint density at radius 1 is 1.05 bits per heavy atom. The van der Waals surface area contributed by atoms with Crippen LogP contribution < -0.4 is 10.9 Å². The second-order valence-electron chi connectivity index (χ2n) is 10.8. The summed E-state index contributed by atoms with van der Waals surface area (Å²) in [5, 5.41) is 1.10. The first kappa shape index (κ1) is 25.3. The third-order valence-electron chi connectivity index (χ3n) is 7.88. The standard InChI is InChI=1S/C33H33N7O/c1-22-4-5-25(41-15-14-40-12-2-3-13-40)17-24(16-22)29-6-7-30-33(38-29)28(20-36-39-30)31-18-26-27(19-35-21-32(26)37-31)23-8-10-34-11-9-23/h4-11,16-22,36-37,39H,2-3,12-15H2,1H3/t22-/m0/s1. The van der Waals surface area contributed by atoms with Crippen LogP contribution in [0.25, 0.3) is 33.2 Å². The fraction of sp³-hybridized carbons (Fsp3) is 0.242. The molecule has 1 fully saturated rings. The SMILES string of the molecule is C[C@H]1C=CC(OCCN2CCCC2)=CC(c2ccc3c(n2)C(c2cc4c(-c5ccncc5)cncc4[nH]2)=CNN3)=C1. The van der Waals surface area contributed by atoms with Gasteiger partial charge in [-0.15, -0.1) is 0 Å². The van der Waals surface area contributed by atoms with Crippen molar-refractivity contribution < 1.29 is 4.74 Å². The fourth-order valence-corrected chi connectivity index (χ4v) is 5.73. The van der Waals surface area contributed by atoms with Crippen LogP contribution in [0.1, 0.15) is 36.8 Å². The van der Waals surface area contributed by atoms with Crippen molar-refractivity contribution in [1.29, 1.82) is 0 Å². The minimum Gasteiger partial charge on any atom is -0.492 e. The number of ether oxygens (including phenoxy) is 1. The molecule has 0 bridgehead atoms. The van der Waals surface area contributed by atoms with E-state index in [1.165, 1.54) is 25.9 Å². The smallest absolute Gasteiger partial charge is 0.119 e. The van der Waals surface area contributed by atoms with Gasteiger partial charge in [0, 0.05) is 53.4 Å². The van der Waals surface area contributed by atoms with Crippen molar-refractivity contribution >= 4 is 27.7 Å². The summed E-state index contributed by atoms with van der Waals surface area (Å²) in [6.07, 6.45) is 20.6. The number of nitrogens with one attached hydrogen (secondary N) is 3. The Balaban J connectivity index is 1.20. The van der Waals surface area contributed by atoms with Crippen LogP contribution in [0.5, 0.6) is 0 Å². The van der Waals surface area contributed by atoms with Crippen LogP contribution in [0, 0.1) is 5.92 Å². The molecule has 41 heavy (non-hydrogen) atoms. The summed E-state index contributed by atoms with van der Waals surface area (Å²) in [5.74, 6) is 1.14. The molecule has 2 aliphatic heterocycles. The fourth-order valence-electron chi connectivity index (χ4n) is 5.73. The highest BCUT2D eigenvalue weighted by atomic mass is 16.5. The van der Waals surface area contributed by atoms with Crippen LogP contribution in [0.2, 0.25) is 0 Å². The van der Waals surface area contributed by atoms with Gasteiger partial charge in [-0.2, -0.15) is 0 Å². The number of allylic oxidation sites excluding steroid dienone is 5. The zero-order chi connectivity index (χ0) is 27.6. The number of aromatic amines is 1. The van der Waals surface area contributed by atoms with E-state index in [9.17, 15) is 0 Å².